The number of halogens is 1. The second-order valence-corrected chi connectivity index (χ2v) is 9.53. The van der Waals surface area contributed by atoms with E-state index in [2.05, 4.69) is 53.3 Å². The lowest BCUT2D eigenvalue weighted by Gasteiger charge is -2.37. The molecule has 0 N–H and O–H groups in total. The number of rotatable bonds is 9. The van der Waals surface area contributed by atoms with Crippen LogP contribution in [0.3, 0.4) is 0 Å². The molecule has 2 aliphatic carbocycles. The van der Waals surface area contributed by atoms with Gasteiger partial charge in [-0.25, -0.2) is 4.39 Å². The van der Waals surface area contributed by atoms with Crippen molar-refractivity contribution in [3.05, 3.63) is 71.1 Å². The van der Waals surface area contributed by atoms with Gasteiger partial charge in [-0.1, -0.05) is 42.0 Å². The molecule has 1 unspecified atom stereocenters. The van der Waals surface area contributed by atoms with Crippen LogP contribution in [0, 0.1) is 5.92 Å². The molecule has 0 radical (unpaired) electrons. The van der Waals surface area contributed by atoms with Crippen LogP contribution in [0.2, 0.25) is 0 Å². The number of carbonyl (C=O) groups is 1. The fourth-order valence-electron chi connectivity index (χ4n) is 5.25. The zero-order valence-electron chi connectivity index (χ0n) is 20.6. The Bertz CT molecular complexity index is 1010. The first kappa shape index (κ1) is 24.3. The number of allylic oxidation sites excluding steroid dienone is 6. The highest BCUT2D eigenvalue weighted by atomic mass is 19.1. The molecule has 1 atom stereocenters. The average Bonchev–Trinajstić information content (AvgIpc) is 2.84. The normalized spacial score (nSPS) is 19.7. The molecule has 0 saturated carbocycles. The van der Waals surface area contributed by atoms with Gasteiger partial charge in [0.05, 0.1) is 18.0 Å². The highest BCUT2D eigenvalue weighted by molar-refractivity contribution is 5.76. The maximum atomic E-state index is 14.8. The third kappa shape index (κ3) is 5.99. The van der Waals surface area contributed by atoms with E-state index in [1.54, 1.807) is 13.0 Å². The van der Waals surface area contributed by atoms with Gasteiger partial charge in [0, 0.05) is 39.0 Å². The lowest BCUT2D eigenvalue weighted by molar-refractivity contribution is -0.143. The Morgan fingerprint density at radius 2 is 2.18 bits per heavy atom. The molecule has 3 aliphatic rings. The van der Waals surface area contributed by atoms with Gasteiger partial charge in [-0.2, -0.15) is 0 Å². The summed E-state index contributed by atoms with van der Waals surface area (Å²) in [6, 6.07) is 6.62. The molecule has 0 bridgehead atoms. The summed E-state index contributed by atoms with van der Waals surface area (Å²) in [4.78, 5) is 16.5. The van der Waals surface area contributed by atoms with Gasteiger partial charge in [-0.3, -0.25) is 4.79 Å². The minimum absolute atomic E-state index is 0.107. The van der Waals surface area contributed by atoms with Crippen LogP contribution in [0.4, 0.5) is 15.8 Å². The van der Waals surface area contributed by atoms with E-state index in [-0.39, 0.29) is 24.1 Å². The number of fused-ring (bicyclic) bond motifs is 1. The molecule has 182 valence electrons. The van der Waals surface area contributed by atoms with Crippen molar-refractivity contribution in [3.8, 4) is 0 Å². The van der Waals surface area contributed by atoms with Crippen LogP contribution in [-0.2, 0) is 16.0 Å². The van der Waals surface area contributed by atoms with E-state index < -0.39 is 0 Å². The van der Waals surface area contributed by atoms with Gasteiger partial charge in [0.1, 0.15) is 5.83 Å². The number of benzene rings is 1. The number of esters is 1. The number of ether oxygens (including phenoxy) is 1. The van der Waals surface area contributed by atoms with Crippen molar-refractivity contribution < 1.29 is 13.9 Å². The summed E-state index contributed by atoms with van der Waals surface area (Å²) in [6.45, 7) is 4.95. The van der Waals surface area contributed by atoms with Crippen molar-refractivity contribution in [1.82, 2.24) is 0 Å². The Hall–Kier alpha value is -2.82. The Labute approximate surface area is 203 Å². The summed E-state index contributed by atoms with van der Waals surface area (Å²) in [6.07, 6.45) is 16.3. The van der Waals surface area contributed by atoms with E-state index in [0.29, 0.717) is 18.6 Å². The highest BCUT2D eigenvalue weighted by Gasteiger charge is 2.24. The molecular formula is C29H37FN2O2. The lowest BCUT2D eigenvalue weighted by atomic mass is 9.92. The summed E-state index contributed by atoms with van der Waals surface area (Å²) in [5.41, 5.74) is 6.11. The summed E-state index contributed by atoms with van der Waals surface area (Å²) < 4.78 is 19.8. The Kier molecular flexibility index (Phi) is 8.25. The molecular weight excluding hydrogens is 427 g/mol. The fourth-order valence-corrected chi connectivity index (χ4v) is 5.25. The van der Waals surface area contributed by atoms with Crippen molar-refractivity contribution in [2.75, 3.05) is 43.1 Å². The van der Waals surface area contributed by atoms with E-state index in [4.69, 9.17) is 4.74 Å². The molecule has 34 heavy (non-hydrogen) atoms. The third-order valence-electron chi connectivity index (χ3n) is 6.96. The van der Waals surface area contributed by atoms with Crippen LogP contribution >= 0.6 is 0 Å². The van der Waals surface area contributed by atoms with Gasteiger partial charge in [-0.05, 0) is 68.7 Å². The number of aryl methyl sites for hydroxylation is 1. The first-order valence-electron chi connectivity index (χ1n) is 12.7. The van der Waals surface area contributed by atoms with Gasteiger partial charge >= 0.3 is 5.97 Å². The molecule has 0 spiro atoms. The average molecular weight is 465 g/mol. The SMILES string of the molecule is CCOC(=O)CCC1=CCC(CN(C)c2cccc3c2N(CC2=CC=CCC2)CCC3)C=C1F. The van der Waals surface area contributed by atoms with Crippen molar-refractivity contribution >= 4 is 17.3 Å². The standard InChI is InChI=1S/C29H37FN2O2/c1-3-34-28(33)17-16-24-15-14-23(19-26(24)30)20-31(2)27-13-7-11-25-12-8-18-32(29(25)27)21-22-9-5-4-6-10-22/h4-5,7,9,11,13,15,19,23H,3,6,8,10,12,14,16-18,20-21H2,1-2H3. The molecule has 5 heteroatoms. The molecule has 0 saturated heterocycles. The molecule has 1 aliphatic heterocycles. The van der Waals surface area contributed by atoms with Crippen LogP contribution in [0.5, 0.6) is 0 Å². The van der Waals surface area contributed by atoms with Gasteiger partial charge in [0.25, 0.3) is 0 Å². The topological polar surface area (TPSA) is 32.8 Å². The molecule has 4 rings (SSSR count). The van der Waals surface area contributed by atoms with Crippen molar-refractivity contribution in [2.45, 2.75) is 51.9 Å². The van der Waals surface area contributed by atoms with Crippen LogP contribution in [0.15, 0.2) is 65.6 Å². The Balaban J connectivity index is 1.43. The van der Waals surface area contributed by atoms with E-state index in [9.17, 15) is 9.18 Å². The molecule has 0 aromatic heterocycles. The number of para-hydroxylation sites is 1. The van der Waals surface area contributed by atoms with Crippen LogP contribution in [0.25, 0.3) is 0 Å². The Morgan fingerprint density at radius 1 is 1.29 bits per heavy atom. The summed E-state index contributed by atoms with van der Waals surface area (Å²) in [5.74, 6) is -0.352. The predicted octanol–water partition coefficient (Wildman–Crippen LogP) is 6.29. The molecule has 0 amide bonds. The van der Waals surface area contributed by atoms with Crippen LogP contribution in [-0.4, -0.2) is 39.3 Å². The maximum absolute atomic E-state index is 14.8. The minimum atomic E-state index is -0.267. The van der Waals surface area contributed by atoms with Crippen molar-refractivity contribution in [1.29, 1.82) is 0 Å². The first-order valence-corrected chi connectivity index (χ1v) is 12.7. The molecule has 1 heterocycles. The third-order valence-corrected chi connectivity index (χ3v) is 6.96. The Morgan fingerprint density at radius 3 is 2.94 bits per heavy atom. The first-order chi connectivity index (χ1) is 16.5. The zero-order valence-corrected chi connectivity index (χ0v) is 20.6. The monoisotopic (exact) mass is 464 g/mol. The molecule has 1 aromatic carbocycles. The number of hydrogen-bond acceptors (Lipinski definition) is 4. The summed E-state index contributed by atoms with van der Waals surface area (Å²) >= 11 is 0. The van der Waals surface area contributed by atoms with Crippen molar-refractivity contribution in [2.24, 2.45) is 5.92 Å². The van der Waals surface area contributed by atoms with E-state index >= 15 is 0 Å². The van der Waals surface area contributed by atoms with Gasteiger partial charge in [-0.15, -0.1) is 0 Å². The highest BCUT2D eigenvalue weighted by Crippen LogP contribution is 2.38. The van der Waals surface area contributed by atoms with Crippen LogP contribution < -0.4 is 9.80 Å². The number of hydrogen-bond donors (Lipinski definition) is 0. The summed E-state index contributed by atoms with van der Waals surface area (Å²) in [5, 5.41) is 0. The molecule has 0 fully saturated rings. The number of anilines is 2. The van der Waals surface area contributed by atoms with Gasteiger partial charge in [0.2, 0.25) is 0 Å². The van der Waals surface area contributed by atoms with E-state index in [1.807, 2.05) is 6.08 Å². The number of nitrogens with zero attached hydrogens (tertiary/aromatic N) is 2. The lowest BCUT2D eigenvalue weighted by Crippen LogP contribution is -2.34. The van der Waals surface area contributed by atoms with Gasteiger partial charge < -0.3 is 14.5 Å². The quantitative estimate of drug-likeness (QED) is 0.402. The van der Waals surface area contributed by atoms with E-state index in [0.717, 1.165) is 45.3 Å². The summed E-state index contributed by atoms with van der Waals surface area (Å²) in [7, 11) is 2.12. The second kappa shape index (κ2) is 11.5. The van der Waals surface area contributed by atoms with Crippen LogP contribution in [0.1, 0.15) is 51.0 Å². The number of carbonyl (C=O) groups excluding carboxylic acids is 1. The smallest absolute Gasteiger partial charge is 0.306 e. The fraction of sp³-hybridized carbons (Fsp3) is 0.483. The maximum Gasteiger partial charge on any atom is 0.306 e. The molecule has 1 aromatic rings. The second-order valence-electron chi connectivity index (χ2n) is 9.53. The predicted molar refractivity (Wildman–Crippen MR) is 138 cm³/mol. The zero-order chi connectivity index (χ0) is 23.9. The minimum Gasteiger partial charge on any atom is -0.466 e. The largest absolute Gasteiger partial charge is 0.466 e. The van der Waals surface area contributed by atoms with Crippen molar-refractivity contribution in [3.63, 3.8) is 0 Å². The van der Waals surface area contributed by atoms with Gasteiger partial charge in [0.15, 0.2) is 0 Å². The van der Waals surface area contributed by atoms with E-state index in [1.165, 1.54) is 28.9 Å². The molecule has 4 nitrogen and oxygen atoms in total.